The van der Waals surface area contributed by atoms with Gasteiger partial charge in [0.15, 0.2) is 12.6 Å². The second-order valence-electron chi connectivity index (χ2n) is 15.2. The average molecular weight is 755 g/mol. The summed E-state index contributed by atoms with van der Waals surface area (Å²) < 4.78 is 43.3. The topological polar surface area (TPSA) is 163 Å². The molecule has 0 aromatic heterocycles. The summed E-state index contributed by atoms with van der Waals surface area (Å²) in [6.45, 7) is 9.17. The van der Waals surface area contributed by atoms with E-state index in [0.717, 1.165) is 12.7 Å². The van der Waals surface area contributed by atoms with Crippen LogP contribution < -0.4 is 0 Å². The van der Waals surface area contributed by atoms with Crippen LogP contribution in [0.25, 0.3) is 0 Å². The molecule has 0 aromatic carbocycles. The molecule has 3 aliphatic heterocycles. The second kappa shape index (κ2) is 21.7. The molecule has 3 heterocycles. The Balaban J connectivity index is 2.09. The summed E-state index contributed by atoms with van der Waals surface area (Å²) in [4.78, 5) is 42.4. The molecule has 2 saturated heterocycles. The summed E-state index contributed by atoms with van der Waals surface area (Å²) in [5.41, 5.74) is 0. The monoisotopic (exact) mass is 754 g/mol. The molecule has 0 saturated carbocycles. The van der Waals surface area contributed by atoms with E-state index in [0.29, 0.717) is 19.3 Å². The lowest BCUT2D eigenvalue weighted by Crippen LogP contribution is -2.63. The zero-order chi connectivity index (χ0) is 39.4. The largest absolute Gasteiger partial charge is 0.462 e. The molecule has 0 spiro atoms. The molecule has 3 aliphatic rings. The Bertz CT molecular complexity index is 1200. The SMILES string of the molecule is CCC(=O)O[C@@H]1CC(=O)O[C@H](C)C/C=C/C=C/[C@H](O[C@H]2CC[C@H](N(C)C)[C@@H](C)O2)[C@H](C)C[C@H](CC=O)[C@H](O[C@@H]2O[C@H](C)[C@@H](O)[C@H](N(C)C)[C@H]2O)C1OC. The van der Waals surface area contributed by atoms with Crippen LogP contribution in [0.3, 0.4) is 0 Å². The fourth-order valence-electron chi connectivity index (χ4n) is 7.69. The molecule has 53 heavy (non-hydrogen) atoms. The van der Waals surface area contributed by atoms with Crippen LogP contribution in [0.2, 0.25) is 0 Å². The Hall–Kier alpha value is -2.27. The molecule has 0 aliphatic carbocycles. The molecule has 15 atom stereocenters. The molecule has 3 rings (SSSR count). The molecule has 0 radical (unpaired) electrons. The maximum atomic E-state index is 13.3. The first kappa shape index (κ1) is 45.1. The fraction of sp³-hybridized carbons (Fsp3) is 0.821. The number of likely N-dealkylation sites (N-methyl/N-ethyl adjacent to an activating group) is 2. The Morgan fingerprint density at radius 1 is 0.962 bits per heavy atom. The van der Waals surface area contributed by atoms with Gasteiger partial charge in [0.05, 0.1) is 43.0 Å². The van der Waals surface area contributed by atoms with Gasteiger partial charge in [0, 0.05) is 32.4 Å². The van der Waals surface area contributed by atoms with Gasteiger partial charge < -0.3 is 58.0 Å². The van der Waals surface area contributed by atoms with E-state index in [1.807, 2.05) is 52.2 Å². The number of hydrogen-bond donors (Lipinski definition) is 2. The van der Waals surface area contributed by atoms with Crippen molar-refractivity contribution in [3.8, 4) is 0 Å². The first-order chi connectivity index (χ1) is 25.1. The number of cyclic esters (lactones) is 1. The molecule has 2 fully saturated rings. The second-order valence-corrected chi connectivity index (χ2v) is 15.2. The van der Waals surface area contributed by atoms with Gasteiger partial charge in [-0.15, -0.1) is 0 Å². The minimum atomic E-state index is -1.31. The Kier molecular flexibility index (Phi) is 18.5. The molecular weight excluding hydrogens is 688 g/mol. The number of ether oxygens (including phenoxy) is 7. The number of aldehydes is 1. The van der Waals surface area contributed by atoms with Crippen molar-refractivity contribution < 1.29 is 57.8 Å². The lowest BCUT2D eigenvalue weighted by Gasteiger charge is -2.47. The summed E-state index contributed by atoms with van der Waals surface area (Å²) in [5, 5.41) is 22.4. The molecule has 1 unspecified atom stereocenters. The highest BCUT2D eigenvalue weighted by atomic mass is 16.7. The van der Waals surface area contributed by atoms with E-state index in [-0.39, 0.29) is 37.3 Å². The number of esters is 2. The predicted molar refractivity (Wildman–Crippen MR) is 197 cm³/mol. The minimum Gasteiger partial charge on any atom is -0.462 e. The van der Waals surface area contributed by atoms with Crippen molar-refractivity contribution in [2.24, 2.45) is 11.8 Å². The van der Waals surface area contributed by atoms with Crippen molar-refractivity contribution in [2.75, 3.05) is 35.3 Å². The smallest absolute Gasteiger partial charge is 0.309 e. The maximum absolute atomic E-state index is 13.3. The van der Waals surface area contributed by atoms with Crippen LogP contribution in [0.15, 0.2) is 24.3 Å². The highest BCUT2D eigenvalue weighted by Crippen LogP contribution is 2.35. The van der Waals surface area contributed by atoms with Crippen molar-refractivity contribution in [3.63, 3.8) is 0 Å². The van der Waals surface area contributed by atoms with Gasteiger partial charge in [0.2, 0.25) is 0 Å². The summed E-state index contributed by atoms with van der Waals surface area (Å²) in [5.74, 6) is -1.98. The zero-order valence-electron chi connectivity index (χ0n) is 33.4. The highest BCUT2D eigenvalue weighted by Gasteiger charge is 2.49. The van der Waals surface area contributed by atoms with E-state index in [1.165, 1.54) is 7.11 Å². The van der Waals surface area contributed by atoms with Crippen molar-refractivity contribution in [1.29, 1.82) is 0 Å². The standard InChI is InChI=1S/C39H66N2O12/c1-11-31(43)51-30-22-32(44)48-24(3)15-13-12-14-16-29(52-33-18-17-28(40(6)7)25(4)49-33)23(2)21-27(19-20-42)37(38(30)47-10)53-39-36(46)34(41(8)9)35(45)26(5)50-39/h12-14,16,20,23-30,33-39,45-46H,11,15,17-19,21-22H2,1-10H3/b13-12+,16-14+/t23-,24-,25-,26-,27+,28+,29+,30-,33+,34+,35-,36-,37+,38?,39+/m1/s1. The molecule has 2 N–H and O–H groups in total. The van der Waals surface area contributed by atoms with Crippen LogP contribution in [-0.2, 0) is 47.5 Å². The number of nitrogens with zero attached hydrogens (tertiary/aromatic N) is 2. The van der Waals surface area contributed by atoms with Crippen molar-refractivity contribution >= 4 is 18.2 Å². The molecule has 0 aromatic rings. The van der Waals surface area contributed by atoms with Crippen molar-refractivity contribution in [1.82, 2.24) is 9.80 Å². The quantitative estimate of drug-likeness (QED) is 0.234. The maximum Gasteiger partial charge on any atom is 0.309 e. The summed E-state index contributed by atoms with van der Waals surface area (Å²) in [7, 11) is 8.97. The molecule has 14 nitrogen and oxygen atoms in total. The lowest BCUT2D eigenvalue weighted by atomic mass is 9.82. The normalized spacial score (nSPS) is 40.7. The van der Waals surface area contributed by atoms with Gasteiger partial charge in [-0.25, -0.2) is 0 Å². The predicted octanol–water partition coefficient (Wildman–Crippen LogP) is 3.01. The van der Waals surface area contributed by atoms with Crippen LogP contribution >= 0.6 is 0 Å². The van der Waals surface area contributed by atoms with Crippen LogP contribution in [0.4, 0.5) is 0 Å². The third-order valence-corrected chi connectivity index (χ3v) is 10.6. The number of carbonyl (C=O) groups is 3. The lowest BCUT2D eigenvalue weighted by molar-refractivity contribution is -0.310. The number of aliphatic hydroxyl groups is 2. The van der Waals surface area contributed by atoms with E-state index in [2.05, 4.69) is 4.90 Å². The zero-order valence-corrected chi connectivity index (χ0v) is 33.4. The first-order valence-corrected chi connectivity index (χ1v) is 19.1. The minimum absolute atomic E-state index is 0.000703. The van der Waals surface area contributed by atoms with Gasteiger partial charge in [-0.2, -0.15) is 0 Å². The molecule has 0 amide bonds. The van der Waals surface area contributed by atoms with Gasteiger partial charge in [0.25, 0.3) is 0 Å². The number of hydrogen-bond acceptors (Lipinski definition) is 14. The van der Waals surface area contributed by atoms with E-state index < -0.39 is 85.3 Å². The van der Waals surface area contributed by atoms with E-state index in [1.54, 1.807) is 39.8 Å². The Labute approximate surface area is 316 Å². The summed E-state index contributed by atoms with van der Waals surface area (Å²) in [6, 6.07) is -0.478. The van der Waals surface area contributed by atoms with Crippen LogP contribution in [-0.4, -0.2) is 153 Å². The Morgan fingerprint density at radius 3 is 2.28 bits per heavy atom. The van der Waals surface area contributed by atoms with Crippen molar-refractivity contribution in [2.45, 2.75) is 159 Å². The fourth-order valence-corrected chi connectivity index (χ4v) is 7.69. The number of aliphatic hydroxyl groups excluding tert-OH is 2. The van der Waals surface area contributed by atoms with E-state index >= 15 is 0 Å². The average Bonchev–Trinajstić information content (AvgIpc) is 3.08. The third-order valence-electron chi connectivity index (χ3n) is 10.6. The van der Waals surface area contributed by atoms with E-state index in [4.69, 9.17) is 33.2 Å². The summed E-state index contributed by atoms with van der Waals surface area (Å²) >= 11 is 0. The number of methoxy groups -OCH3 is 1. The van der Waals surface area contributed by atoms with Gasteiger partial charge in [-0.3, -0.25) is 9.59 Å². The van der Waals surface area contributed by atoms with Gasteiger partial charge in [0.1, 0.15) is 30.7 Å². The molecule has 0 bridgehead atoms. The van der Waals surface area contributed by atoms with Gasteiger partial charge in [-0.1, -0.05) is 38.2 Å². The Morgan fingerprint density at radius 2 is 1.68 bits per heavy atom. The highest BCUT2D eigenvalue weighted by molar-refractivity contribution is 5.72. The van der Waals surface area contributed by atoms with Crippen LogP contribution in [0.1, 0.15) is 79.6 Å². The third kappa shape index (κ3) is 12.9. The van der Waals surface area contributed by atoms with Crippen molar-refractivity contribution in [3.05, 3.63) is 24.3 Å². The van der Waals surface area contributed by atoms with Crippen LogP contribution in [0.5, 0.6) is 0 Å². The number of allylic oxidation sites excluding steroid dienone is 2. The molecule has 14 heteroatoms. The van der Waals surface area contributed by atoms with Gasteiger partial charge in [-0.05, 0) is 80.1 Å². The van der Waals surface area contributed by atoms with Crippen LogP contribution in [0, 0.1) is 11.8 Å². The molecule has 304 valence electrons. The first-order valence-electron chi connectivity index (χ1n) is 19.1. The number of carbonyl (C=O) groups excluding carboxylic acids is 3. The van der Waals surface area contributed by atoms with E-state index in [9.17, 15) is 24.6 Å². The molecular formula is C39H66N2O12. The number of rotatable bonds is 11. The summed E-state index contributed by atoms with van der Waals surface area (Å²) in [6.07, 6.45) is 1.47. The van der Waals surface area contributed by atoms with Gasteiger partial charge >= 0.3 is 11.9 Å².